The summed E-state index contributed by atoms with van der Waals surface area (Å²) in [5.41, 5.74) is 3.14. The van der Waals surface area contributed by atoms with E-state index in [0.29, 0.717) is 6.04 Å². The Bertz CT molecular complexity index is 590. The molecule has 2 nitrogen and oxygen atoms in total. The van der Waals surface area contributed by atoms with E-state index in [1.54, 1.807) is 6.07 Å². The Morgan fingerprint density at radius 3 is 2.40 bits per heavy atom. The quantitative estimate of drug-likeness (QED) is 0.894. The molecule has 0 aliphatic heterocycles. The predicted molar refractivity (Wildman–Crippen MR) is 78.2 cm³/mol. The number of benzene rings is 2. The van der Waals surface area contributed by atoms with Gasteiger partial charge in [-0.3, -0.25) is 0 Å². The van der Waals surface area contributed by atoms with Crippen molar-refractivity contribution in [2.45, 2.75) is 25.4 Å². The Hall–Kier alpha value is -1.87. The van der Waals surface area contributed by atoms with Gasteiger partial charge in [-0.05, 0) is 41.7 Å². The van der Waals surface area contributed by atoms with Crippen LogP contribution in [-0.4, -0.2) is 13.2 Å². The number of ether oxygens (including phenoxy) is 1. The van der Waals surface area contributed by atoms with Crippen molar-refractivity contribution >= 4 is 0 Å². The number of rotatable bonds is 5. The van der Waals surface area contributed by atoms with Crippen LogP contribution in [0.15, 0.2) is 42.5 Å². The molecule has 0 amide bonds. The molecule has 0 spiro atoms. The molecular weight excluding hydrogens is 253 g/mol. The molecule has 0 atom stereocenters. The molecule has 0 unspecified atom stereocenters. The van der Waals surface area contributed by atoms with Gasteiger partial charge in [0.15, 0.2) is 11.6 Å². The Morgan fingerprint density at radius 2 is 1.80 bits per heavy atom. The van der Waals surface area contributed by atoms with Gasteiger partial charge in [0.2, 0.25) is 0 Å². The highest BCUT2D eigenvalue weighted by Crippen LogP contribution is 2.26. The van der Waals surface area contributed by atoms with Crippen molar-refractivity contribution in [3.63, 3.8) is 0 Å². The Labute approximate surface area is 118 Å². The highest BCUT2D eigenvalue weighted by atomic mass is 19.1. The fourth-order valence-electron chi connectivity index (χ4n) is 2.21. The highest BCUT2D eigenvalue weighted by Gasteiger charge is 2.19. The van der Waals surface area contributed by atoms with E-state index in [2.05, 4.69) is 17.4 Å². The van der Waals surface area contributed by atoms with Crippen LogP contribution in [0.4, 0.5) is 4.39 Å². The molecule has 3 rings (SSSR count). The van der Waals surface area contributed by atoms with Crippen LogP contribution in [0.5, 0.6) is 5.75 Å². The van der Waals surface area contributed by atoms with Crippen LogP contribution < -0.4 is 10.1 Å². The molecule has 1 aliphatic rings. The lowest BCUT2D eigenvalue weighted by molar-refractivity contribution is 0.386. The van der Waals surface area contributed by atoms with Gasteiger partial charge in [0.05, 0.1) is 7.11 Å². The lowest BCUT2D eigenvalue weighted by Crippen LogP contribution is -2.14. The van der Waals surface area contributed by atoms with Crippen LogP contribution in [0.25, 0.3) is 11.1 Å². The number of hydrogen-bond donors (Lipinski definition) is 1. The van der Waals surface area contributed by atoms with Gasteiger partial charge in [-0.15, -0.1) is 0 Å². The van der Waals surface area contributed by atoms with Gasteiger partial charge < -0.3 is 10.1 Å². The average molecular weight is 271 g/mol. The predicted octanol–water partition coefficient (Wildman–Crippen LogP) is 3.75. The maximum Gasteiger partial charge on any atom is 0.165 e. The SMILES string of the molecule is COc1ccc(-c2ccc(CNC3CC3)cc2)cc1F. The largest absolute Gasteiger partial charge is 0.494 e. The van der Waals surface area contributed by atoms with Crippen LogP contribution >= 0.6 is 0 Å². The van der Waals surface area contributed by atoms with Gasteiger partial charge in [0.25, 0.3) is 0 Å². The van der Waals surface area contributed by atoms with Gasteiger partial charge in [0, 0.05) is 12.6 Å². The van der Waals surface area contributed by atoms with Gasteiger partial charge in [0.1, 0.15) is 0 Å². The lowest BCUT2D eigenvalue weighted by atomic mass is 10.0. The second-order valence-corrected chi connectivity index (χ2v) is 5.20. The lowest BCUT2D eigenvalue weighted by Gasteiger charge is -2.07. The minimum atomic E-state index is -0.329. The van der Waals surface area contributed by atoms with Crippen molar-refractivity contribution in [2.24, 2.45) is 0 Å². The number of nitrogens with one attached hydrogen (secondary N) is 1. The summed E-state index contributed by atoms with van der Waals surface area (Å²) in [6.07, 6.45) is 2.59. The molecule has 1 fully saturated rings. The van der Waals surface area contributed by atoms with E-state index in [-0.39, 0.29) is 11.6 Å². The molecule has 0 radical (unpaired) electrons. The van der Waals surface area contributed by atoms with Crippen LogP contribution in [0, 0.1) is 5.82 Å². The zero-order valence-electron chi connectivity index (χ0n) is 11.5. The third-order valence-electron chi connectivity index (χ3n) is 3.61. The number of halogens is 1. The minimum absolute atomic E-state index is 0.277. The van der Waals surface area contributed by atoms with Crippen LogP contribution in [-0.2, 0) is 6.54 Å². The first kappa shape index (κ1) is 13.1. The molecule has 0 saturated heterocycles. The van der Waals surface area contributed by atoms with Crippen LogP contribution in [0.1, 0.15) is 18.4 Å². The van der Waals surface area contributed by atoms with Gasteiger partial charge >= 0.3 is 0 Å². The third kappa shape index (κ3) is 2.99. The van der Waals surface area contributed by atoms with Crippen molar-refractivity contribution in [3.8, 4) is 16.9 Å². The van der Waals surface area contributed by atoms with E-state index >= 15 is 0 Å². The molecule has 2 aromatic rings. The number of hydrogen-bond acceptors (Lipinski definition) is 2. The molecule has 2 aromatic carbocycles. The fourth-order valence-corrected chi connectivity index (χ4v) is 2.21. The molecule has 0 bridgehead atoms. The van der Waals surface area contributed by atoms with E-state index in [4.69, 9.17) is 4.74 Å². The van der Waals surface area contributed by atoms with E-state index in [9.17, 15) is 4.39 Å². The van der Waals surface area contributed by atoms with Crippen molar-refractivity contribution < 1.29 is 9.13 Å². The van der Waals surface area contributed by atoms with Gasteiger partial charge in [-0.1, -0.05) is 30.3 Å². The summed E-state index contributed by atoms with van der Waals surface area (Å²) in [5.74, 6) is -0.0523. The molecule has 1 N–H and O–H groups in total. The second kappa shape index (κ2) is 5.63. The molecule has 1 aliphatic carbocycles. The first-order chi connectivity index (χ1) is 9.76. The summed E-state index contributed by atoms with van der Waals surface area (Å²) in [4.78, 5) is 0. The first-order valence-electron chi connectivity index (χ1n) is 6.92. The monoisotopic (exact) mass is 271 g/mol. The van der Waals surface area contributed by atoms with Crippen molar-refractivity contribution in [3.05, 3.63) is 53.8 Å². The standard InChI is InChI=1S/C17H18FNO/c1-20-17-9-6-14(10-16(17)18)13-4-2-12(3-5-13)11-19-15-7-8-15/h2-6,9-10,15,19H,7-8,11H2,1H3. The summed E-state index contributed by atoms with van der Waals surface area (Å²) >= 11 is 0. The van der Waals surface area contributed by atoms with Gasteiger partial charge in [-0.2, -0.15) is 0 Å². The molecule has 0 aromatic heterocycles. The normalized spacial score (nSPS) is 14.3. The minimum Gasteiger partial charge on any atom is -0.494 e. The van der Waals surface area contributed by atoms with Crippen LogP contribution in [0.3, 0.4) is 0 Å². The zero-order valence-corrected chi connectivity index (χ0v) is 11.5. The summed E-state index contributed by atoms with van der Waals surface area (Å²) in [5, 5.41) is 3.48. The van der Waals surface area contributed by atoms with E-state index in [1.807, 2.05) is 18.2 Å². The summed E-state index contributed by atoms with van der Waals surface area (Å²) in [6, 6.07) is 14.0. The molecule has 104 valence electrons. The van der Waals surface area contributed by atoms with E-state index in [0.717, 1.165) is 17.7 Å². The molecule has 0 heterocycles. The molecule has 1 saturated carbocycles. The topological polar surface area (TPSA) is 21.3 Å². The molecule has 3 heteroatoms. The maximum atomic E-state index is 13.7. The van der Waals surface area contributed by atoms with E-state index < -0.39 is 0 Å². The summed E-state index contributed by atoms with van der Waals surface area (Å²) < 4.78 is 18.6. The number of methoxy groups -OCH3 is 1. The first-order valence-corrected chi connectivity index (χ1v) is 6.92. The highest BCUT2D eigenvalue weighted by molar-refractivity contribution is 5.64. The van der Waals surface area contributed by atoms with E-state index in [1.165, 1.54) is 31.6 Å². The molecular formula is C17H18FNO. The average Bonchev–Trinajstić information content (AvgIpc) is 3.30. The Morgan fingerprint density at radius 1 is 1.10 bits per heavy atom. The zero-order chi connectivity index (χ0) is 13.9. The molecule has 20 heavy (non-hydrogen) atoms. The van der Waals surface area contributed by atoms with Crippen molar-refractivity contribution in [1.82, 2.24) is 5.32 Å². The van der Waals surface area contributed by atoms with Crippen molar-refractivity contribution in [1.29, 1.82) is 0 Å². The smallest absolute Gasteiger partial charge is 0.165 e. The van der Waals surface area contributed by atoms with Crippen LogP contribution in [0.2, 0.25) is 0 Å². The summed E-state index contributed by atoms with van der Waals surface area (Å²) in [7, 11) is 1.47. The maximum absolute atomic E-state index is 13.7. The van der Waals surface area contributed by atoms with Crippen molar-refractivity contribution in [2.75, 3.05) is 7.11 Å². The Balaban J connectivity index is 1.74. The summed E-state index contributed by atoms with van der Waals surface area (Å²) in [6.45, 7) is 0.905. The van der Waals surface area contributed by atoms with Gasteiger partial charge in [-0.25, -0.2) is 4.39 Å². The fraction of sp³-hybridized carbons (Fsp3) is 0.294. The Kier molecular flexibility index (Phi) is 3.70. The third-order valence-corrected chi connectivity index (χ3v) is 3.61. The second-order valence-electron chi connectivity index (χ2n) is 5.20.